The summed E-state index contributed by atoms with van der Waals surface area (Å²) in [7, 11) is -3.87. The standard InChI is InChI=1S/C22H19N5O2S2/c1-13-4-8-17(9-5-13)31(28,29)22-21-24-20(23-16-7-6-14(2)15(3)12-16)19-18(10-11-30-19)27(21)26-25-22/h4-12H,1-3H3,(H,23,24). The Morgan fingerprint density at radius 1 is 0.968 bits per heavy atom. The fraction of sp³-hybridized carbons (Fsp3) is 0.136. The third kappa shape index (κ3) is 3.26. The first-order chi connectivity index (χ1) is 14.8. The van der Waals surface area contributed by atoms with E-state index in [1.807, 2.05) is 43.5 Å². The van der Waals surface area contributed by atoms with Crippen LogP contribution in [0.25, 0.3) is 15.9 Å². The molecule has 0 unspecified atom stereocenters. The lowest BCUT2D eigenvalue weighted by atomic mass is 10.1. The summed E-state index contributed by atoms with van der Waals surface area (Å²) >= 11 is 1.51. The maximum atomic E-state index is 13.3. The van der Waals surface area contributed by atoms with Gasteiger partial charge in [0.25, 0.3) is 0 Å². The van der Waals surface area contributed by atoms with Gasteiger partial charge in [-0.05, 0) is 67.6 Å². The van der Waals surface area contributed by atoms with Gasteiger partial charge in [0.15, 0.2) is 11.5 Å². The van der Waals surface area contributed by atoms with E-state index in [9.17, 15) is 8.42 Å². The monoisotopic (exact) mass is 449 g/mol. The second-order valence-electron chi connectivity index (χ2n) is 7.47. The number of benzene rings is 2. The fourth-order valence-electron chi connectivity index (χ4n) is 3.37. The van der Waals surface area contributed by atoms with Gasteiger partial charge >= 0.3 is 0 Å². The van der Waals surface area contributed by atoms with Crippen LogP contribution in [0.5, 0.6) is 0 Å². The van der Waals surface area contributed by atoms with Crippen molar-refractivity contribution in [1.82, 2.24) is 19.8 Å². The van der Waals surface area contributed by atoms with Gasteiger partial charge in [0.05, 0.1) is 15.1 Å². The molecule has 0 saturated heterocycles. The molecule has 1 N–H and O–H groups in total. The molecule has 3 aromatic heterocycles. The van der Waals surface area contributed by atoms with Gasteiger partial charge in [0.1, 0.15) is 0 Å². The first-order valence-corrected chi connectivity index (χ1v) is 12.0. The highest BCUT2D eigenvalue weighted by molar-refractivity contribution is 7.91. The van der Waals surface area contributed by atoms with E-state index in [0.29, 0.717) is 5.82 Å². The highest BCUT2D eigenvalue weighted by Gasteiger charge is 2.27. The van der Waals surface area contributed by atoms with Crippen molar-refractivity contribution < 1.29 is 8.42 Å². The summed E-state index contributed by atoms with van der Waals surface area (Å²) in [6, 6.07) is 14.6. The molecule has 5 rings (SSSR count). The van der Waals surface area contributed by atoms with E-state index in [0.717, 1.165) is 27.0 Å². The Labute approximate surface area is 183 Å². The SMILES string of the molecule is Cc1ccc(S(=O)(=O)c2nnn3c2nc(Nc2ccc(C)c(C)c2)c2sccc23)cc1. The number of sulfone groups is 1. The van der Waals surface area contributed by atoms with Crippen LogP contribution in [0.3, 0.4) is 0 Å². The van der Waals surface area contributed by atoms with Crippen LogP contribution in [0.15, 0.2) is 63.8 Å². The highest BCUT2D eigenvalue weighted by atomic mass is 32.2. The van der Waals surface area contributed by atoms with Gasteiger partial charge in [-0.2, -0.15) is 4.52 Å². The minimum absolute atomic E-state index is 0.160. The van der Waals surface area contributed by atoms with Crippen LogP contribution < -0.4 is 5.32 Å². The Hall–Kier alpha value is -3.30. The lowest BCUT2D eigenvalue weighted by Crippen LogP contribution is -2.05. The average Bonchev–Trinajstić information content (AvgIpc) is 3.38. The second-order valence-corrected chi connectivity index (χ2v) is 10.2. The fourth-order valence-corrected chi connectivity index (χ4v) is 5.42. The van der Waals surface area contributed by atoms with Gasteiger partial charge in [-0.15, -0.1) is 16.4 Å². The first kappa shape index (κ1) is 19.7. The molecule has 0 aliphatic carbocycles. The van der Waals surface area contributed by atoms with Crippen molar-refractivity contribution in [2.45, 2.75) is 30.7 Å². The van der Waals surface area contributed by atoms with E-state index in [2.05, 4.69) is 27.5 Å². The summed E-state index contributed by atoms with van der Waals surface area (Å²) in [4.78, 5) is 4.81. The molecule has 3 heterocycles. The minimum Gasteiger partial charge on any atom is -0.339 e. The number of anilines is 2. The molecular formula is C22H19N5O2S2. The van der Waals surface area contributed by atoms with E-state index >= 15 is 0 Å². The minimum atomic E-state index is -3.87. The zero-order chi connectivity index (χ0) is 21.8. The summed E-state index contributed by atoms with van der Waals surface area (Å²) in [6.45, 7) is 6.01. The number of fused-ring (bicyclic) bond motifs is 3. The van der Waals surface area contributed by atoms with E-state index in [4.69, 9.17) is 0 Å². The molecule has 7 nitrogen and oxygen atoms in total. The lowest BCUT2D eigenvalue weighted by Gasteiger charge is -2.10. The van der Waals surface area contributed by atoms with Crippen molar-refractivity contribution in [2.75, 3.05) is 5.32 Å². The van der Waals surface area contributed by atoms with Crippen molar-refractivity contribution in [1.29, 1.82) is 0 Å². The Kier molecular flexibility index (Phi) is 4.53. The topological polar surface area (TPSA) is 89.2 Å². The van der Waals surface area contributed by atoms with Crippen LogP contribution in [-0.2, 0) is 9.84 Å². The maximum Gasteiger partial charge on any atom is 0.229 e. The average molecular weight is 450 g/mol. The molecule has 156 valence electrons. The number of hydrogen-bond acceptors (Lipinski definition) is 7. The van der Waals surface area contributed by atoms with Crippen LogP contribution in [0.2, 0.25) is 0 Å². The molecular weight excluding hydrogens is 430 g/mol. The second kappa shape index (κ2) is 7.14. The zero-order valence-electron chi connectivity index (χ0n) is 17.1. The predicted octanol–water partition coefficient (Wildman–Crippen LogP) is 4.84. The van der Waals surface area contributed by atoms with E-state index in [-0.39, 0.29) is 15.6 Å². The first-order valence-electron chi connectivity index (χ1n) is 9.63. The van der Waals surface area contributed by atoms with Crippen LogP contribution in [0, 0.1) is 20.8 Å². The molecule has 9 heteroatoms. The summed E-state index contributed by atoms with van der Waals surface area (Å²) in [5, 5.41) is 13.2. The molecule has 31 heavy (non-hydrogen) atoms. The molecule has 0 saturated carbocycles. The van der Waals surface area contributed by atoms with Gasteiger partial charge in [-0.1, -0.05) is 29.0 Å². The summed E-state index contributed by atoms with van der Waals surface area (Å²) < 4.78 is 28.9. The maximum absolute atomic E-state index is 13.3. The van der Waals surface area contributed by atoms with Crippen LogP contribution in [0.4, 0.5) is 11.5 Å². The number of hydrogen-bond donors (Lipinski definition) is 1. The number of rotatable bonds is 4. The highest BCUT2D eigenvalue weighted by Crippen LogP contribution is 2.33. The quantitative estimate of drug-likeness (QED) is 0.422. The van der Waals surface area contributed by atoms with E-state index < -0.39 is 9.84 Å². The van der Waals surface area contributed by atoms with Gasteiger partial charge < -0.3 is 5.32 Å². The third-order valence-corrected chi connectivity index (χ3v) is 7.85. The van der Waals surface area contributed by atoms with Crippen LogP contribution in [0.1, 0.15) is 16.7 Å². The van der Waals surface area contributed by atoms with Crippen molar-refractivity contribution >= 4 is 48.5 Å². The van der Waals surface area contributed by atoms with E-state index in [1.165, 1.54) is 21.4 Å². The van der Waals surface area contributed by atoms with Crippen molar-refractivity contribution in [3.05, 3.63) is 70.6 Å². The van der Waals surface area contributed by atoms with Gasteiger partial charge in [-0.25, -0.2) is 13.4 Å². The molecule has 0 aliphatic rings. The van der Waals surface area contributed by atoms with E-state index in [1.54, 1.807) is 24.3 Å². The van der Waals surface area contributed by atoms with Gasteiger partial charge in [-0.3, -0.25) is 0 Å². The van der Waals surface area contributed by atoms with Gasteiger partial charge in [0, 0.05) is 5.69 Å². The Morgan fingerprint density at radius 3 is 2.48 bits per heavy atom. The molecule has 0 radical (unpaired) electrons. The lowest BCUT2D eigenvalue weighted by molar-refractivity contribution is 0.592. The van der Waals surface area contributed by atoms with Crippen LogP contribution >= 0.6 is 11.3 Å². The zero-order valence-corrected chi connectivity index (χ0v) is 18.8. The Bertz CT molecular complexity index is 1550. The third-order valence-electron chi connectivity index (χ3n) is 5.28. The van der Waals surface area contributed by atoms with Crippen molar-refractivity contribution in [3.63, 3.8) is 0 Å². The molecule has 0 amide bonds. The molecule has 2 aromatic carbocycles. The number of nitrogens with zero attached hydrogens (tertiary/aromatic N) is 4. The summed E-state index contributed by atoms with van der Waals surface area (Å²) in [6.07, 6.45) is 0. The summed E-state index contributed by atoms with van der Waals surface area (Å²) in [5.74, 6) is 0.573. The number of nitrogens with one attached hydrogen (secondary N) is 1. The molecule has 0 bridgehead atoms. The predicted molar refractivity (Wildman–Crippen MR) is 122 cm³/mol. The largest absolute Gasteiger partial charge is 0.339 e. The Balaban J connectivity index is 1.70. The number of aromatic nitrogens is 4. The molecule has 0 spiro atoms. The summed E-state index contributed by atoms with van der Waals surface area (Å²) in [5.41, 5.74) is 5.15. The van der Waals surface area contributed by atoms with Crippen LogP contribution in [-0.4, -0.2) is 28.2 Å². The molecule has 0 atom stereocenters. The number of aryl methyl sites for hydroxylation is 3. The van der Waals surface area contributed by atoms with Gasteiger partial charge in [0.2, 0.25) is 14.9 Å². The molecule has 0 fully saturated rings. The normalized spacial score (nSPS) is 12.0. The van der Waals surface area contributed by atoms with Crippen molar-refractivity contribution in [2.24, 2.45) is 0 Å². The van der Waals surface area contributed by atoms with Crippen molar-refractivity contribution in [3.8, 4) is 0 Å². The molecule has 0 aliphatic heterocycles. The number of thiophene rings is 1. The Morgan fingerprint density at radius 2 is 1.74 bits per heavy atom. The molecule has 5 aromatic rings. The smallest absolute Gasteiger partial charge is 0.229 e.